The fraction of sp³-hybridized carbons (Fsp3) is 0.300. The minimum Gasteiger partial charge on any atom is -0.508 e. The Morgan fingerprint density at radius 1 is 1.00 bits per heavy atom. The maximum atomic E-state index is 14.7. The molecule has 2 aliphatic rings. The zero-order valence-corrected chi connectivity index (χ0v) is 22.7. The highest BCUT2D eigenvalue weighted by Crippen LogP contribution is 2.33. The molecule has 2 fully saturated rings. The van der Waals surface area contributed by atoms with E-state index >= 15 is 0 Å². The SMILES string of the molecule is C[C@H]1[C@@H]2N(C(=O)CN(C)N2C(=O)NCc2ccccc2)[C@@H](Cc2ccc(O)cc2)C(=O)N1Cc1ccc(F)cc1F. The van der Waals surface area contributed by atoms with Gasteiger partial charge in [0.15, 0.2) is 0 Å². The van der Waals surface area contributed by atoms with Gasteiger partial charge in [-0.3, -0.25) is 9.59 Å². The van der Waals surface area contributed by atoms with Crippen LogP contribution >= 0.6 is 0 Å². The molecule has 9 nitrogen and oxygen atoms in total. The number of hydrazine groups is 1. The van der Waals surface area contributed by atoms with Gasteiger partial charge in [-0.2, -0.15) is 0 Å². The topological polar surface area (TPSA) is 96.4 Å². The zero-order chi connectivity index (χ0) is 29.3. The molecule has 0 aromatic heterocycles. The molecule has 3 aromatic rings. The summed E-state index contributed by atoms with van der Waals surface area (Å²) in [6.45, 7) is 1.64. The summed E-state index contributed by atoms with van der Waals surface area (Å²) in [6.07, 6.45) is -0.792. The number of phenolic OH excluding ortho intramolecular Hbond substituents is 1. The van der Waals surface area contributed by atoms with Crippen molar-refractivity contribution in [3.8, 4) is 5.75 Å². The Bertz CT molecular complexity index is 1440. The van der Waals surface area contributed by atoms with Crippen LogP contribution in [-0.4, -0.2) is 74.6 Å². The number of hydrogen-bond acceptors (Lipinski definition) is 5. The molecule has 0 bridgehead atoms. The Kier molecular flexibility index (Phi) is 7.89. The van der Waals surface area contributed by atoms with Crippen LogP contribution in [0.4, 0.5) is 13.6 Å². The molecular weight excluding hydrogens is 532 g/mol. The molecule has 0 radical (unpaired) electrons. The van der Waals surface area contributed by atoms with Crippen molar-refractivity contribution in [2.75, 3.05) is 13.6 Å². The maximum Gasteiger partial charge on any atom is 0.334 e. The summed E-state index contributed by atoms with van der Waals surface area (Å²) in [5, 5.41) is 15.6. The lowest BCUT2D eigenvalue weighted by atomic mass is 9.95. The van der Waals surface area contributed by atoms with E-state index in [4.69, 9.17) is 0 Å². The Hall–Kier alpha value is -4.51. The minimum atomic E-state index is -1.00. The molecule has 11 heteroatoms. The maximum absolute atomic E-state index is 14.7. The van der Waals surface area contributed by atoms with Crippen molar-refractivity contribution in [3.63, 3.8) is 0 Å². The summed E-state index contributed by atoms with van der Waals surface area (Å²) in [4.78, 5) is 44.0. The summed E-state index contributed by atoms with van der Waals surface area (Å²) in [5.41, 5.74) is 1.69. The van der Waals surface area contributed by atoms with E-state index in [1.165, 1.54) is 38.0 Å². The molecule has 0 aliphatic carbocycles. The lowest BCUT2D eigenvalue weighted by molar-refractivity contribution is -0.196. The van der Waals surface area contributed by atoms with Gasteiger partial charge in [0.2, 0.25) is 11.8 Å². The van der Waals surface area contributed by atoms with E-state index in [1.54, 1.807) is 26.1 Å². The number of aromatic hydroxyl groups is 1. The predicted molar refractivity (Wildman–Crippen MR) is 146 cm³/mol. The van der Waals surface area contributed by atoms with Crippen molar-refractivity contribution in [2.45, 2.75) is 44.7 Å². The van der Waals surface area contributed by atoms with E-state index < -0.39 is 41.8 Å². The van der Waals surface area contributed by atoms with E-state index in [0.717, 1.165) is 17.7 Å². The quantitative estimate of drug-likeness (QED) is 0.480. The highest BCUT2D eigenvalue weighted by molar-refractivity contribution is 5.92. The molecule has 5 rings (SSSR count). The van der Waals surface area contributed by atoms with Crippen molar-refractivity contribution in [1.29, 1.82) is 0 Å². The van der Waals surface area contributed by atoms with E-state index in [0.29, 0.717) is 5.56 Å². The summed E-state index contributed by atoms with van der Waals surface area (Å²) < 4.78 is 28.3. The third-order valence-electron chi connectivity index (χ3n) is 7.60. The molecule has 214 valence electrons. The second-order valence-corrected chi connectivity index (χ2v) is 10.3. The van der Waals surface area contributed by atoms with Crippen LogP contribution in [0, 0.1) is 11.6 Å². The zero-order valence-electron chi connectivity index (χ0n) is 22.7. The summed E-state index contributed by atoms with van der Waals surface area (Å²) >= 11 is 0. The molecule has 41 heavy (non-hydrogen) atoms. The van der Waals surface area contributed by atoms with Crippen molar-refractivity contribution >= 4 is 17.8 Å². The number of nitrogens with one attached hydrogen (secondary N) is 1. The van der Waals surface area contributed by atoms with E-state index in [9.17, 15) is 28.3 Å². The van der Waals surface area contributed by atoms with Crippen molar-refractivity contribution < 1.29 is 28.3 Å². The van der Waals surface area contributed by atoms with Crippen LogP contribution in [0.2, 0.25) is 0 Å². The summed E-state index contributed by atoms with van der Waals surface area (Å²) in [5.74, 6) is -2.23. The molecule has 0 spiro atoms. The first-order chi connectivity index (χ1) is 19.6. The fourth-order valence-corrected chi connectivity index (χ4v) is 5.51. The van der Waals surface area contributed by atoms with Gasteiger partial charge < -0.3 is 20.2 Å². The van der Waals surface area contributed by atoms with Gasteiger partial charge in [-0.25, -0.2) is 23.6 Å². The molecule has 2 N–H and O–H groups in total. The van der Waals surface area contributed by atoms with Crippen LogP contribution in [0.25, 0.3) is 0 Å². The number of phenols is 1. The minimum absolute atomic E-state index is 0.0561. The van der Waals surface area contributed by atoms with Crippen molar-refractivity contribution in [2.24, 2.45) is 0 Å². The van der Waals surface area contributed by atoms with Crippen LogP contribution in [0.1, 0.15) is 23.6 Å². The predicted octanol–water partition coefficient (Wildman–Crippen LogP) is 3.24. The van der Waals surface area contributed by atoms with Crippen LogP contribution in [-0.2, 0) is 29.1 Å². The van der Waals surface area contributed by atoms with E-state index in [-0.39, 0.29) is 43.3 Å². The van der Waals surface area contributed by atoms with Gasteiger partial charge in [-0.05, 0) is 36.2 Å². The number of amides is 4. The first-order valence-corrected chi connectivity index (χ1v) is 13.3. The number of fused-ring (bicyclic) bond motifs is 1. The number of halogens is 2. The standard InChI is InChI=1S/C30H31F2N5O4/c1-19-28-36(27(39)18-34(2)37(28)30(41)33-16-21-6-4-3-5-7-21)26(14-20-8-12-24(38)13-9-20)29(40)35(19)17-22-10-11-23(31)15-25(22)32/h3-13,15,19,26,28,38H,14,16-18H2,1-2H3,(H,33,41)/t19-,26-,28+/m0/s1. The Balaban J connectivity index is 1.51. The first kappa shape index (κ1) is 28.0. The van der Waals surface area contributed by atoms with E-state index in [2.05, 4.69) is 5.32 Å². The fourth-order valence-electron chi connectivity index (χ4n) is 5.51. The third kappa shape index (κ3) is 5.71. The second kappa shape index (κ2) is 11.5. The number of rotatable bonds is 6. The molecule has 3 atom stereocenters. The molecule has 0 saturated carbocycles. The number of piperazine rings is 1. The lowest BCUT2D eigenvalue weighted by Crippen LogP contribution is -2.78. The van der Waals surface area contributed by atoms with Crippen LogP contribution in [0.3, 0.4) is 0 Å². The molecule has 0 unspecified atom stereocenters. The van der Waals surface area contributed by atoms with Gasteiger partial charge >= 0.3 is 6.03 Å². The average molecular weight is 564 g/mol. The largest absolute Gasteiger partial charge is 0.508 e. The molecule has 2 saturated heterocycles. The van der Waals surface area contributed by atoms with Crippen LogP contribution < -0.4 is 5.32 Å². The normalized spacial score (nSPS) is 21.2. The lowest BCUT2D eigenvalue weighted by Gasteiger charge is -2.57. The average Bonchev–Trinajstić information content (AvgIpc) is 2.94. The number of carbonyl (C=O) groups is 3. The van der Waals surface area contributed by atoms with Crippen LogP contribution in [0.15, 0.2) is 72.8 Å². The number of benzene rings is 3. The highest BCUT2D eigenvalue weighted by atomic mass is 19.1. The molecule has 2 heterocycles. The monoisotopic (exact) mass is 563 g/mol. The number of likely N-dealkylation sites (N-methyl/N-ethyl adjacent to an activating group) is 1. The number of nitrogens with zero attached hydrogens (tertiary/aromatic N) is 4. The van der Waals surface area contributed by atoms with Crippen molar-refractivity contribution in [3.05, 3.63) is 101 Å². The van der Waals surface area contributed by atoms with Gasteiger partial charge in [0.1, 0.15) is 29.6 Å². The van der Waals surface area contributed by atoms with E-state index in [1.807, 2.05) is 30.3 Å². The highest BCUT2D eigenvalue weighted by Gasteiger charge is 2.54. The second-order valence-electron chi connectivity index (χ2n) is 10.3. The van der Waals surface area contributed by atoms with Gasteiger partial charge in [0.05, 0.1) is 12.6 Å². The first-order valence-electron chi connectivity index (χ1n) is 13.3. The number of carbonyl (C=O) groups excluding carboxylic acids is 3. The molecule has 3 aromatic carbocycles. The van der Waals surface area contributed by atoms with Gasteiger partial charge in [0.25, 0.3) is 0 Å². The van der Waals surface area contributed by atoms with Crippen molar-refractivity contribution in [1.82, 2.24) is 25.1 Å². The Labute approximate surface area is 236 Å². The number of hydrogen-bond donors (Lipinski definition) is 2. The molecule has 4 amide bonds. The Morgan fingerprint density at radius 3 is 2.39 bits per heavy atom. The Morgan fingerprint density at radius 2 is 1.71 bits per heavy atom. The molecular formula is C30H31F2N5O4. The third-order valence-corrected chi connectivity index (χ3v) is 7.60. The molecule has 2 aliphatic heterocycles. The summed E-state index contributed by atoms with van der Waals surface area (Å²) in [7, 11) is 1.62. The van der Waals surface area contributed by atoms with Gasteiger partial charge in [0, 0.05) is 38.2 Å². The number of urea groups is 1. The van der Waals surface area contributed by atoms with Gasteiger partial charge in [-0.15, -0.1) is 0 Å². The van der Waals surface area contributed by atoms with Gasteiger partial charge in [-0.1, -0.05) is 48.5 Å². The smallest absolute Gasteiger partial charge is 0.334 e. The summed E-state index contributed by atoms with van der Waals surface area (Å²) in [6, 6.07) is 16.6. The van der Waals surface area contributed by atoms with Crippen LogP contribution in [0.5, 0.6) is 5.75 Å².